The van der Waals surface area contributed by atoms with E-state index in [1.165, 1.54) is 6.92 Å². The Bertz CT molecular complexity index is 519. The lowest BCUT2D eigenvalue weighted by Gasteiger charge is -2.20. The van der Waals surface area contributed by atoms with Gasteiger partial charge < -0.3 is 21.5 Å². The fourth-order valence-electron chi connectivity index (χ4n) is 1.96. The number of nitrogens with one attached hydrogen (secondary N) is 2. The Morgan fingerprint density at radius 3 is 2.27 bits per heavy atom. The van der Waals surface area contributed by atoms with Gasteiger partial charge in [0.1, 0.15) is 12.1 Å². The lowest BCUT2D eigenvalue weighted by molar-refractivity contribution is -0.141. The quantitative estimate of drug-likeness (QED) is 0.523. The van der Waals surface area contributed by atoms with E-state index in [9.17, 15) is 14.4 Å². The highest BCUT2D eigenvalue weighted by molar-refractivity contribution is 5.90. The molecular formula is C15H21N3O4. The summed E-state index contributed by atoms with van der Waals surface area (Å²) in [6.07, 6.45) is 0.950. The zero-order valence-electron chi connectivity index (χ0n) is 12.4. The molecule has 0 aliphatic heterocycles. The summed E-state index contributed by atoms with van der Waals surface area (Å²) in [5.41, 5.74) is 6.33. The molecule has 1 aromatic carbocycles. The van der Waals surface area contributed by atoms with E-state index in [1.807, 2.05) is 30.3 Å². The minimum atomic E-state index is -1.21. The molecule has 0 saturated carbocycles. The number of carbonyl (C=O) groups excluding carboxylic acids is 2. The molecule has 0 unspecified atom stereocenters. The Morgan fingerprint density at radius 2 is 1.77 bits per heavy atom. The number of aryl methyl sites for hydroxylation is 1. The monoisotopic (exact) mass is 307 g/mol. The van der Waals surface area contributed by atoms with Crippen molar-refractivity contribution in [2.24, 2.45) is 5.73 Å². The zero-order valence-corrected chi connectivity index (χ0v) is 12.4. The molecule has 0 heterocycles. The molecule has 0 radical (unpaired) electrons. The van der Waals surface area contributed by atoms with Crippen LogP contribution in [0.25, 0.3) is 0 Å². The average molecular weight is 307 g/mol. The van der Waals surface area contributed by atoms with Crippen LogP contribution in [0.4, 0.5) is 0 Å². The van der Waals surface area contributed by atoms with Crippen molar-refractivity contribution >= 4 is 17.8 Å². The van der Waals surface area contributed by atoms with Crippen LogP contribution < -0.4 is 16.4 Å². The van der Waals surface area contributed by atoms with Crippen molar-refractivity contribution < 1.29 is 19.5 Å². The number of carboxylic acids is 1. The Kier molecular flexibility index (Phi) is 7.04. The van der Waals surface area contributed by atoms with Crippen LogP contribution >= 0.6 is 0 Å². The van der Waals surface area contributed by atoms with E-state index in [4.69, 9.17) is 10.8 Å². The molecule has 2 amide bonds. The smallest absolute Gasteiger partial charge is 0.327 e. The first-order chi connectivity index (χ1) is 10.4. The molecule has 22 heavy (non-hydrogen) atoms. The molecule has 0 aliphatic carbocycles. The Morgan fingerprint density at radius 1 is 1.14 bits per heavy atom. The van der Waals surface area contributed by atoms with E-state index in [1.54, 1.807) is 0 Å². The molecular weight excluding hydrogens is 286 g/mol. The van der Waals surface area contributed by atoms with Crippen LogP contribution in [0.1, 0.15) is 18.9 Å². The SMILES string of the molecule is CC(=O)N[C@@H](CCc1ccccc1)C(=O)N[C@@H](CN)C(=O)O. The van der Waals surface area contributed by atoms with Gasteiger partial charge in [-0.15, -0.1) is 0 Å². The molecule has 0 bridgehead atoms. The van der Waals surface area contributed by atoms with E-state index in [0.29, 0.717) is 12.8 Å². The lowest BCUT2D eigenvalue weighted by Crippen LogP contribution is -2.53. The summed E-state index contributed by atoms with van der Waals surface area (Å²) in [6, 6.07) is 7.53. The van der Waals surface area contributed by atoms with Gasteiger partial charge in [-0.2, -0.15) is 0 Å². The van der Waals surface area contributed by atoms with Gasteiger partial charge in [0.05, 0.1) is 0 Å². The first-order valence-electron chi connectivity index (χ1n) is 6.98. The van der Waals surface area contributed by atoms with Gasteiger partial charge in [0.25, 0.3) is 0 Å². The lowest BCUT2D eigenvalue weighted by atomic mass is 10.0. The molecule has 0 spiro atoms. The molecule has 1 rings (SSSR count). The molecule has 0 aromatic heterocycles. The highest BCUT2D eigenvalue weighted by Gasteiger charge is 2.24. The van der Waals surface area contributed by atoms with Gasteiger partial charge in [-0.3, -0.25) is 9.59 Å². The van der Waals surface area contributed by atoms with E-state index < -0.39 is 24.0 Å². The number of aliphatic carboxylic acids is 1. The first kappa shape index (κ1) is 17.6. The van der Waals surface area contributed by atoms with E-state index in [-0.39, 0.29) is 12.5 Å². The second-order valence-electron chi connectivity index (χ2n) is 4.91. The molecule has 0 saturated heterocycles. The normalized spacial score (nSPS) is 13.0. The minimum Gasteiger partial charge on any atom is -0.480 e. The number of hydrogen-bond acceptors (Lipinski definition) is 4. The third kappa shape index (κ3) is 5.92. The topological polar surface area (TPSA) is 122 Å². The van der Waals surface area contributed by atoms with Gasteiger partial charge in [-0.1, -0.05) is 30.3 Å². The molecule has 7 heteroatoms. The zero-order chi connectivity index (χ0) is 16.5. The van der Waals surface area contributed by atoms with Gasteiger partial charge in [-0.05, 0) is 18.4 Å². The molecule has 7 nitrogen and oxygen atoms in total. The maximum absolute atomic E-state index is 12.1. The third-order valence-corrected chi connectivity index (χ3v) is 3.11. The largest absolute Gasteiger partial charge is 0.480 e. The van der Waals surface area contributed by atoms with Crippen molar-refractivity contribution in [3.05, 3.63) is 35.9 Å². The third-order valence-electron chi connectivity index (χ3n) is 3.11. The van der Waals surface area contributed by atoms with Crippen LogP contribution in [0.5, 0.6) is 0 Å². The van der Waals surface area contributed by atoms with Crippen LogP contribution in [-0.4, -0.2) is 41.5 Å². The van der Waals surface area contributed by atoms with Crippen molar-refractivity contribution in [3.63, 3.8) is 0 Å². The van der Waals surface area contributed by atoms with Crippen molar-refractivity contribution in [1.29, 1.82) is 0 Å². The molecule has 2 atom stereocenters. The van der Waals surface area contributed by atoms with Gasteiger partial charge in [0.2, 0.25) is 11.8 Å². The average Bonchev–Trinajstić information content (AvgIpc) is 2.49. The second-order valence-corrected chi connectivity index (χ2v) is 4.91. The summed E-state index contributed by atoms with van der Waals surface area (Å²) in [7, 11) is 0. The summed E-state index contributed by atoms with van der Waals surface area (Å²) < 4.78 is 0. The standard InChI is InChI=1S/C15H21N3O4/c1-10(19)17-12(8-7-11-5-3-2-4-6-11)14(20)18-13(9-16)15(21)22/h2-6,12-13H,7-9,16H2,1H3,(H,17,19)(H,18,20)(H,21,22)/t12-,13-/m0/s1. The molecule has 0 aliphatic rings. The number of carboxylic acid groups (broad SMARTS) is 1. The number of rotatable bonds is 8. The van der Waals surface area contributed by atoms with Gasteiger partial charge in [0.15, 0.2) is 0 Å². The van der Waals surface area contributed by atoms with Crippen molar-refractivity contribution in [2.45, 2.75) is 31.8 Å². The van der Waals surface area contributed by atoms with Crippen molar-refractivity contribution in [2.75, 3.05) is 6.54 Å². The van der Waals surface area contributed by atoms with Crippen LogP contribution in [0.2, 0.25) is 0 Å². The predicted molar refractivity (Wildman–Crippen MR) is 81.0 cm³/mol. The second kappa shape index (κ2) is 8.78. The first-order valence-corrected chi connectivity index (χ1v) is 6.98. The van der Waals surface area contributed by atoms with E-state index >= 15 is 0 Å². The van der Waals surface area contributed by atoms with Crippen LogP contribution in [-0.2, 0) is 20.8 Å². The van der Waals surface area contributed by atoms with Gasteiger partial charge in [-0.25, -0.2) is 4.79 Å². The fourth-order valence-corrected chi connectivity index (χ4v) is 1.96. The summed E-state index contributed by atoms with van der Waals surface area (Å²) >= 11 is 0. The highest BCUT2D eigenvalue weighted by atomic mass is 16.4. The maximum Gasteiger partial charge on any atom is 0.327 e. The number of nitrogens with two attached hydrogens (primary N) is 1. The van der Waals surface area contributed by atoms with Gasteiger partial charge >= 0.3 is 5.97 Å². The van der Waals surface area contributed by atoms with E-state index in [2.05, 4.69) is 10.6 Å². The Hall–Kier alpha value is -2.41. The molecule has 120 valence electrons. The number of benzene rings is 1. The molecule has 1 aromatic rings. The highest BCUT2D eigenvalue weighted by Crippen LogP contribution is 2.05. The van der Waals surface area contributed by atoms with Crippen LogP contribution in [0.3, 0.4) is 0 Å². The summed E-state index contributed by atoms with van der Waals surface area (Å²) in [5.74, 6) is -2.11. The maximum atomic E-state index is 12.1. The Balaban J connectivity index is 2.68. The summed E-state index contributed by atoms with van der Waals surface area (Å²) in [6.45, 7) is 1.09. The number of hydrogen-bond donors (Lipinski definition) is 4. The van der Waals surface area contributed by atoms with Crippen LogP contribution in [0.15, 0.2) is 30.3 Å². The summed E-state index contributed by atoms with van der Waals surface area (Å²) in [4.78, 5) is 34.3. The van der Waals surface area contributed by atoms with E-state index in [0.717, 1.165) is 5.56 Å². The van der Waals surface area contributed by atoms with Crippen molar-refractivity contribution in [3.8, 4) is 0 Å². The van der Waals surface area contributed by atoms with Crippen LogP contribution in [0, 0.1) is 0 Å². The van der Waals surface area contributed by atoms with Crippen molar-refractivity contribution in [1.82, 2.24) is 10.6 Å². The summed E-state index contributed by atoms with van der Waals surface area (Å²) in [5, 5.41) is 13.8. The molecule has 0 fully saturated rings. The predicted octanol–water partition coefficient (Wildman–Crippen LogP) is -0.348. The fraction of sp³-hybridized carbons (Fsp3) is 0.400. The number of amides is 2. The number of carbonyl (C=O) groups is 3. The van der Waals surface area contributed by atoms with Gasteiger partial charge in [0, 0.05) is 13.5 Å². The minimum absolute atomic E-state index is 0.216. The Labute approximate surface area is 128 Å². The molecule has 5 N–H and O–H groups in total.